The van der Waals surface area contributed by atoms with Crippen LogP contribution in [0.1, 0.15) is 52.3 Å². The highest BCUT2D eigenvalue weighted by Crippen LogP contribution is 2.33. The van der Waals surface area contributed by atoms with E-state index in [1.807, 2.05) is 24.7 Å². The standard InChI is InChI=1S/C20H24N4O/c1-5-16(6-2)24-13-18(14-10-22-23-11-14)17-9-15(21-12-19(17)24)7-8-20(3,4)25/h9-13,16,25H,5-6H2,1-4H3,(H,22,23). The normalized spacial score (nSPS) is 11.8. The molecule has 0 radical (unpaired) electrons. The van der Waals surface area contributed by atoms with Crippen LogP contribution in [0.15, 0.2) is 30.9 Å². The third kappa shape index (κ3) is 3.59. The van der Waals surface area contributed by atoms with Crippen molar-refractivity contribution in [2.75, 3.05) is 0 Å². The minimum atomic E-state index is -1.04. The molecule has 0 aliphatic carbocycles. The first-order valence-corrected chi connectivity index (χ1v) is 8.68. The summed E-state index contributed by atoms with van der Waals surface area (Å²) in [7, 11) is 0. The van der Waals surface area contributed by atoms with Gasteiger partial charge in [-0.15, -0.1) is 0 Å². The summed E-state index contributed by atoms with van der Waals surface area (Å²) >= 11 is 0. The Morgan fingerprint density at radius 1 is 1.28 bits per heavy atom. The van der Waals surface area contributed by atoms with Crippen molar-refractivity contribution in [1.82, 2.24) is 19.7 Å². The van der Waals surface area contributed by atoms with Gasteiger partial charge in [0, 0.05) is 34.9 Å². The van der Waals surface area contributed by atoms with E-state index in [0.29, 0.717) is 11.7 Å². The van der Waals surface area contributed by atoms with E-state index in [2.05, 4.69) is 51.6 Å². The molecule has 0 amide bonds. The summed E-state index contributed by atoms with van der Waals surface area (Å²) in [6.45, 7) is 7.74. The summed E-state index contributed by atoms with van der Waals surface area (Å²) in [5.41, 5.74) is 2.87. The van der Waals surface area contributed by atoms with E-state index in [4.69, 9.17) is 0 Å². The van der Waals surface area contributed by atoms with E-state index in [1.54, 1.807) is 13.8 Å². The van der Waals surface area contributed by atoms with Crippen LogP contribution in [-0.2, 0) is 0 Å². The minimum absolute atomic E-state index is 0.429. The number of hydrogen-bond donors (Lipinski definition) is 2. The molecule has 0 saturated carbocycles. The molecule has 3 aromatic heterocycles. The molecule has 3 aromatic rings. The van der Waals surface area contributed by atoms with E-state index in [9.17, 15) is 5.11 Å². The zero-order valence-corrected chi connectivity index (χ0v) is 15.2. The van der Waals surface area contributed by atoms with Gasteiger partial charge in [0.25, 0.3) is 0 Å². The molecule has 5 heteroatoms. The van der Waals surface area contributed by atoms with Crippen molar-refractivity contribution >= 4 is 10.9 Å². The second kappa shape index (κ2) is 6.73. The van der Waals surface area contributed by atoms with Crippen molar-refractivity contribution in [2.45, 2.75) is 52.2 Å². The maximum absolute atomic E-state index is 9.82. The maximum atomic E-state index is 9.82. The highest BCUT2D eigenvalue weighted by Gasteiger charge is 2.16. The van der Waals surface area contributed by atoms with Gasteiger partial charge in [-0.3, -0.25) is 5.10 Å². The van der Waals surface area contributed by atoms with Crippen LogP contribution >= 0.6 is 0 Å². The fourth-order valence-corrected chi connectivity index (χ4v) is 3.05. The molecule has 3 heterocycles. The lowest BCUT2D eigenvalue weighted by molar-refractivity contribution is 0.143. The molecule has 0 aromatic carbocycles. The van der Waals surface area contributed by atoms with Crippen LogP contribution in [0.3, 0.4) is 0 Å². The predicted molar refractivity (Wildman–Crippen MR) is 100 cm³/mol. The molecule has 0 spiro atoms. The Balaban J connectivity index is 2.19. The molecule has 130 valence electrons. The van der Waals surface area contributed by atoms with E-state index < -0.39 is 5.60 Å². The molecule has 0 unspecified atom stereocenters. The van der Waals surface area contributed by atoms with Crippen molar-refractivity contribution in [3.8, 4) is 23.0 Å². The van der Waals surface area contributed by atoms with Crippen molar-refractivity contribution in [2.24, 2.45) is 0 Å². The zero-order chi connectivity index (χ0) is 18.0. The fourth-order valence-electron chi connectivity index (χ4n) is 3.05. The Morgan fingerprint density at radius 2 is 2.04 bits per heavy atom. The van der Waals surface area contributed by atoms with E-state index >= 15 is 0 Å². The zero-order valence-electron chi connectivity index (χ0n) is 15.2. The van der Waals surface area contributed by atoms with Crippen LogP contribution in [0.25, 0.3) is 22.0 Å². The number of aromatic amines is 1. The number of aromatic nitrogens is 4. The molecule has 0 saturated heterocycles. The Labute approximate surface area is 148 Å². The lowest BCUT2D eigenvalue weighted by Gasteiger charge is -2.16. The number of pyridine rings is 1. The molecule has 0 aliphatic rings. The molecule has 2 N–H and O–H groups in total. The molecule has 25 heavy (non-hydrogen) atoms. The first-order valence-electron chi connectivity index (χ1n) is 8.68. The van der Waals surface area contributed by atoms with Crippen LogP contribution in [0.4, 0.5) is 0 Å². The van der Waals surface area contributed by atoms with Crippen molar-refractivity contribution in [1.29, 1.82) is 0 Å². The number of H-pyrrole nitrogens is 1. The molecule has 0 fully saturated rings. The van der Waals surface area contributed by atoms with Crippen molar-refractivity contribution < 1.29 is 5.11 Å². The monoisotopic (exact) mass is 336 g/mol. The number of fused-ring (bicyclic) bond motifs is 1. The molecule has 5 nitrogen and oxygen atoms in total. The minimum Gasteiger partial charge on any atom is -0.378 e. The quantitative estimate of drug-likeness (QED) is 0.710. The van der Waals surface area contributed by atoms with Gasteiger partial charge in [0.1, 0.15) is 11.3 Å². The van der Waals surface area contributed by atoms with Gasteiger partial charge in [-0.1, -0.05) is 19.8 Å². The van der Waals surface area contributed by atoms with Crippen molar-refractivity contribution in [3.05, 3.63) is 36.5 Å². The number of rotatable bonds is 4. The summed E-state index contributed by atoms with van der Waals surface area (Å²) in [6.07, 6.45) is 9.91. The summed E-state index contributed by atoms with van der Waals surface area (Å²) in [5.74, 6) is 5.80. The number of hydrogen-bond acceptors (Lipinski definition) is 3. The smallest absolute Gasteiger partial charge is 0.120 e. The second-order valence-corrected chi connectivity index (χ2v) is 6.80. The molecule has 0 atom stereocenters. The lowest BCUT2D eigenvalue weighted by Crippen LogP contribution is -2.14. The first-order chi connectivity index (χ1) is 11.9. The molecule has 0 aliphatic heterocycles. The number of aliphatic hydroxyl groups is 1. The van der Waals surface area contributed by atoms with Gasteiger partial charge < -0.3 is 9.67 Å². The first kappa shape index (κ1) is 17.2. The average Bonchev–Trinajstić information content (AvgIpc) is 3.21. The molecule has 0 bridgehead atoms. The summed E-state index contributed by atoms with van der Waals surface area (Å²) in [4.78, 5) is 4.49. The molecule has 3 rings (SSSR count). The van der Waals surface area contributed by atoms with Crippen LogP contribution in [0.2, 0.25) is 0 Å². The van der Waals surface area contributed by atoms with Gasteiger partial charge in [0.15, 0.2) is 0 Å². The topological polar surface area (TPSA) is 66.7 Å². The lowest BCUT2D eigenvalue weighted by atomic mass is 10.1. The summed E-state index contributed by atoms with van der Waals surface area (Å²) < 4.78 is 2.30. The molecular formula is C20H24N4O. The third-order valence-electron chi connectivity index (χ3n) is 4.36. The van der Waals surface area contributed by atoms with Gasteiger partial charge in [0.2, 0.25) is 0 Å². The van der Waals surface area contributed by atoms with Gasteiger partial charge in [-0.25, -0.2) is 4.98 Å². The Kier molecular flexibility index (Phi) is 4.65. The van der Waals surface area contributed by atoms with Crippen LogP contribution in [-0.4, -0.2) is 30.5 Å². The Bertz CT molecular complexity index is 916. The largest absolute Gasteiger partial charge is 0.378 e. The van der Waals surface area contributed by atoms with Gasteiger partial charge in [-0.05, 0) is 38.7 Å². The number of nitrogens with one attached hydrogen (secondary N) is 1. The maximum Gasteiger partial charge on any atom is 0.120 e. The van der Waals surface area contributed by atoms with Crippen LogP contribution in [0, 0.1) is 11.8 Å². The van der Waals surface area contributed by atoms with E-state index in [1.165, 1.54) is 0 Å². The van der Waals surface area contributed by atoms with Gasteiger partial charge >= 0.3 is 0 Å². The Morgan fingerprint density at radius 3 is 2.64 bits per heavy atom. The van der Waals surface area contributed by atoms with Gasteiger partial charge in [0.05, 0.1) is 17.9 Å². The second-order valence-electron chi connectivity index (χ2n) is 6.80. The summed E-state index contributed by atoms with van der Waals surface area (Å²) in [5, 5.41) is 17.9. The Hall–Kier alpha value is -2.58. The third-order valence-corrected chi connectivity index (χ3v) is 4.36. The summed E-state index contributed by atoms with van der Waals surface area (Å²) in [6, 6.07) is 2.42. The highest BCUT2D eigenvalue weighted by molar-refractivity contribution is 5.96. The molecular weight excluding hydrogens is 312 g/mol. The fraction of sp³-hybridized carbons (Fsp3) is 0.400. The average molecular weight is 336 g/mol. The highest BCUT2D eigenvalue weighted by atomic mass is 16.3. The van der Waals surface area contributed by atoms with Gasteiger partial charge in [-0.2, -0.15) is 5.10 Å². The van der Waals surface area contributed by atoms with E-state index in [-0.39, 0.29) is 0 Å². The SMILES string of the molecule is CCC(CC)n1cc(-c2cn[nH]c2)c2cc(C#CC(C)(C)O)ncc21. The van der Waals surface area contributed by atoms with E-state index in [0.717, 1.165) is 34.9 Å². The van der Waals surface area contributed by atoms with Crippen molar-refractivity contribution in [3.63, 3.8) is 0 Å². The van der Waals surface area contributed by atoms with Crippen LogP contribution < -0.4 is 0 Å². The van der Waals surface area contributed by atoms with Crippen LogP contribution in [0.5, 0.6) is 0 Å². The number of nitrogens with zero attached hydrogens (tertiary/aromatic N) is 3. The predicted octanol–water partition coefficient (Wildman–Crippen LogP) is 3.91.